The Morgan fingerprint density at radius 1 is 1.41 bits per heavy atom. The highest BCUT2D eigenvalue weighted by Crippen LogP contribution is 2.22. The maximum atomic E-state index is 5.84. The van der Waals surface area contributed by atoms with Gasteiger partial charge in [-0.15, -0.1) is 0 Å². The van der Waals surface area contributed by atoms with Crippen LogP contribution in [0.1, 0.15) is 20.3 Å². The number of hydrogen-bond donors (Lipinski definition) is 1. The maximum absolute atomic E-state index is 5.84. The maximum Gasteiger partial charge on any atom is 0.140 e. The summed E-state index contributed by atoms with van der Waals surface area (Å²) in [5, 5.41) is 3.95. The van der Waals surface area contributed by atoms with Crippen molar-refractivity contribution in [3.8, 4) is 0 Å². The van der Waals surface area contributed by atoms with Gasteiger partial charge in [-0.25, -0.2) is 4.98 Å². The Balaban J connectivity index is 2.39. The van der Waals surface area contributed by atoms with E-state index >= 15 is 0 Å². The first-order chi connectivity index (χ1) is 8.17. The van der Waals surface area contributed by atoms with Gasteiger partial charge >= 0.3 is 0 Å². The van der Waals surface area contributed by atoms with E-state index in [0.717, 1.165) is 36.5 Å². The van der Waals surface area contributed by atoms with Crippen molar-refractivity contribution in [3.05, 3.63) is 21.8 Å². The van der Waals surface area contributed by atoms with Crippen molar-refractivity contribution in [1.82, 2.24) is 9.88 Å². The zero-order valence-electron chi connectivity index (χ0n) is 10.3. The second kappa shape index (κ2) is 7.90. The summed E-state index contributed by atoms with van der Waals surface area (Å²) in [6.07, 6.45) is 2.84. The number of anilines is 1. The van der Waals surface area contributed by atoms with E-state index < -0.39 is 0 Å². The molecule has 96 valence electrons. The van der Waals surface area contributed by atoms with Crippen LogP contribution >= 0.6 is 27.5 Å². The minimum Gasteiger partial charge on any atom is -0.368 e. The van der Waals surface area contributed by atoms with E-state index in [1.165, 1.54) is 6.42 Å². The van der Waals surface area contributed by atoms with Gasteiger partial charge in [0.25, 0.3) is 0 Å². The minimum absolute atomic E-state index is 0.642. The van der Waals surface area contributed by atoms with Gasteiger partial charge in [-0.05, 0) is 41.5 Å². The average molecular weight is 321 g/mol. The number of pyridine rings is 1. The second-order valence-electron chi connectivity index (χ2n) is 3.85. The van der Waals surface area contributed by atoms with Gasteiger partial charge in [-0.1, -0.05) is 25.4 Å². The topological polar surface area (TPSA) is 28.2 Å². The van der Waals surface area contributed by atoms with Crippen LogP contribution in [-0.4, -0.2) is 36.1 Å². The Morgan fingerprint density at radius 3 is 2.76 bits per heavy atom. The van der Waals surface area contributed by atoms with Crippen molar-refractivity contribution in [2.45, 2.75) is 20.3 Å². The molecule has 1 N–H and O–H groups in total. The summed E-state index contributed by atoms with van der Waals surface area (Å²) < 4.78 is 0.906. The molecule has 0 aromatic carbocycles. The number of nitrogens with one attached hydrogen (secondary N) is 1. The molecule has 0 fully saturated rings. The van der Waals surface area contributed by atoms with Crippen LogP contribution in [-0.2, 0) is 0 Å². The molecule has 1 aromatic rings. The molecule has 0 amide bonds. The quantitative estimate of drug-likeness (QED) is 0.831. The predicted octanol–water partition coefficient (Wildman–Crippen LogP) is 3.64. The number of rotatable bonds is 7. The van der Waals surface area contributed by atoms with Crippen LogP contribution in [0.25, 0.3) is 0 Å². The van der Waals surface area contributed by atoms with Gasteiger partial charge in [-0.2, -0.15) is 0 Å². The molecule has 1 rings (SSSR count). The van der Waals surface area contributed by atoms with Crippen LogP contribution < -0.4 is 5.32 Å². The molecule has 0 bridgehead atoms. The summed E-state index contributed by atoms with van der Waals surface area (Å²) in [5.41, 5.74) is 0. The lowest BCUT2D eigenvalue weighted by Gasteiger charge is -2.19. The van der Waals surface area contributed by atoms with Crippen molar-refractivity contribution in [1.29, 1.82) is 0 Å². The van der Waals surface area contributed by atoms with Crippen molar-refractivity contribution >= 4 is 33.3 Å². The predicted molar refractivity (Wildman–Crippen MR) is 77.8 cm³/mol. The van der Waals surface area contributed by atoms with Gasteiger partial charge in [0.1, 0.15) is 5.82 Å². The van der Waals surface area contributed by atoms with Gasteiger partial charge in [0, 0.05) is 19.3 Å². The van der Waals surface area contributed by atoms with Crippen molar-refractivity contribution in [2.24, 2.45) is 0 Å². The van der Waals surface area contributed by atoms with E-state index in [2.05, 4.69) is 45.0 Å². The molecule has 0 aliphatic heterocycles. The summed E-state index contributed by atoms with van der Waals surface area (Å²) in [4.78, 5) is 6.65. The normalized spacial score (nSPS) is 10.9. The lowest BCUT2D eigenvalue weighted by atomic mass is 10.4. The van der Waals surface area contributed by atoms with Gasteiger partial charge in [-0.3, -0.25) is 0 Å². The lowest BCUT2D eigenvalue weighted by molar-refractivity contribution is 0.300. The number of halogens is 2. The van der Waals surface area contributed by atoms with E-state index in [9.17, 15) is 0 Å². The number of aromatic nitrogens is 1. The monoisotopic (exact) mass is 319 g/mol. The SMILES string of the molecule is CCCN(CC)CCNc1ncc(Cl)cc1Br. The van der Waals surface area contributed by atoms with E-state index in [1.54, 1.807) is 6.20 Å². The first-order valence-corrected chi connectivity index (χ1v) is 7.11. The molecule has 0 radical (unpaired) electrons. The van der Waals surface area contributed by atoms with Crippen LogP contribution in [0.5, 0.6) is 0 Å². The molecule has 0 atom stereocenters. The molecular weight excluding hydrogens is 302 g/mol. The molecule has 17 heavy (non-hydrogen) atoms. The molecule has 0 saturated carbocycles. The third-order valence-corrected chi connectivity index (χ3v) is 3.33. The largest absolute Gasteiger partial charge is 0.368 e. The van der Waals surface area contributed by atoms with Crippen molar-refractivity contribution in [3.63, 3.8) is 0 Å². The first kappa shape index (κ1) is 14.7. The zero-order valence-corrected chi connectivity index (χ0v) is 12.7. The van der Waals surface area contributed by atoms with E-state index in [0.29, 0.717) is 5.02 Å². The van der Waals surface area contributed by atoms with Crippen LogP contribution in [0.4, 0.5) is 5.82 Å². The van der Waals surface area contributed by atoms with Gasteiger partial charge in [0.15, 0.2) is 0 Å². The van der Waals surface area contributed by atoms with E-state index in [4.69, 9.17) is 11.6 Å². The fourth-order valence-corrected chi connectivity index (χ4v) is 2.40. The summed E-state index contributed by atoms with van der Waals surface area (Å²) in [5.74, 6) is 0.849. The summed E-state index contributed by atoms with van der Waals surface area (Å²) in [6, 6.07) is 1.85. The van der Waals surface area contributed by atoms with Crippen molar-refractivity contribution < 1.29 is 0 Å². The summed E-state index contributed by atoms with van der Waals surface area (Å²) in [6.45, 7) is 8.54. The Bertz CT molecular complexity index is 347. The fraction of sp³-hybridized carbons (Fsp3) is 0.583. The molecule has 5 heteroatoms. The third-order valence-electron chi connectivity index (χ3n) is 2.52. The minimum atomic E-state index is 0.642. The molecule has 0 spiro atoms. The van der Waals surface area contributed by atoms with E-state index in [-0.39, 0.29) is 0 Å². The lowest BCUT2D eigenvalue weighted by Crippen LogP contribution is -2.29. The van der Waals surface area contributed by atoms with E-state index in [1.807, 2.05) is 6.07 Å². The second-order valence-corrected chi connectivity index (χ2v) is 5.14. The average Bonchev–Trinajstić information content (AvgIpc) is 2.30. The molecule has 0 unspecified atom stereocenters. The highest BCUT2D eigenvalue weighted by molar-refractivity contribution is 9.10. The Hall–Kier alpha value is -0.320. The first-order valence-electron chi connectivity index (χ1n) is 5.94. The van der Waals surface area contributed by atoms with Crippen LogP contribution in [0.15, 0.2) is 16.7 Å². The van der Waals surface area contributed by atoms with Crippen molar-refractivity contribution in [2.75, 3.05) is 31.5 Å². The van der Waals surface area contributed by atoms with Crippen LogP contribution in [0.3, 0.4) is 0 Å². The highest BCUT2D eigenvalue weighted by Gasteiger charge is 2.03. The van der Waals surface area contributed by atoms with Gasteiger partial charge < -0.3 is 10.2 Å². The molecule has 0 aliphatic carbocycles. The molecule has 0 saturated heterocycles. The third kappa shape index (κ3) is 5.23. The number of hydrogen-bond acceptors (Lipinski definition) is 3. The summed E-state index contributed by atoms with van der Waals surface area (Å²) in [7, 11) is 0. The molecule has 0 aliphatic rings. The molecular formula is C12H19BrClN3. The Morgan fingerprint density at radius 2 is 2.18 bits per heavy atom. The summed E-state index contributed by atoms with van der Waals surface area (Å²) >= 11 is 9.28. The van der Waals surface area contributed by atoms with Crippen LogP contribution in [0, 0.1) is 0 Å². The fourth-order valence-electron chi connectivity index (χ4n) is 1.62. The van der Waals surface area contributed by atoms with Gasteiger partial charge in [0.2, 0.25) is 0 Å². The van der Waals surface area contributed by atoms with Gasteiger partial charge in [0.05, 0.1) is 9.50 Å². The number of likely N-dealkylation sites (N-methyl/N-ethyl adjacent to an activating group) is 1. The Kier molecular flexibility index (Phi) is 6.85. The number of nitrogens with zero attached hydrogens (tertiary/aromatic N) is 2. The molecule has 3 nitrogen and oxygen atoms in total. The zero-order chi connectivity index (χ0) is 12.7. The molecule has 1 heterocycles. The molecule has 1 aromatic heterocycles. The highest BCUT2D eigenvalue weighted by atomic mass is 79.9. The smallest absolute Gasteiger partial charge is 0.140 e. The standard InChI is InChI=1S/C12H19BrClN3/c1-3-6-17(4-2)7-5-15-12-11(13)8-10(14)9-16-12/h8-9H,3-7H2,1-2H3,(H,15,16). The van der Waals surface area contributed by atoms with Crippen LogP contribution in [0.2, 0.25) is 5.02 Å². The Labute approximate surface area is 117 Å².